The van der Waals surface area contributed by atoms with Gasteiger partial charge in [-0.05, 0) is 13.8 Å². The number of hydrogen-bond donors (Lipinski definition) is 3. The number of aliphatic hydroxyl groups is 1. The highest BCUT2D eigenvalue weighted by atomic mass is 16.3. The van der Waals surface area contributed by atoms with Crippen LogP contribution in [0.5, 0.6) is 0 Å². The molecule has 0 saturated carbocycles. The summed E-state index contributed by atoms with van der Waals surface area (Å²) in [4.78, 5) is 18.8. The van der Waals surface area contributed by atoms with Crippen molar-refractivity contribution in [1.29, 1.82) is 0 Å². The summed E-state index contributed by atoms with van der Waals surface area (Å²) < 4.78 is 0. The van der Waals surface area contributed by atoms with Crippen molar-refractivity contribution < 1.29 is 9.90 Å². The van der Waals surface area contributed by atoms with E-state index in [0.29, 0.717) is 5.82 Å². The minimum absolute atomic E-state index is 0.0342. The molecular weight excluding hydrogens is 196 g/mol. The molecular formula is C9H14N4O2. The zero-order valence-electron chi connectivity index (χ0n) is 8.69. The molecule has 0 fully saturated rings. The van der Waals surface area contributed by atoms with Crippen molar-refractivity contribution in [2.75, 3.05) is 11.9 Å². The number of nitrogens with zero attached hydrogens (tertiary/aromatic N) is 2. The second-order valence-electron chi connectivity index (χ2n) is 3.23. The Morgan fingerprint density at radius 2 is 2.27 bits per heavy atom. The maximum Gasteiger partial charge on any atom is 0.248 e. The normalized spacial score (nSPS) is 12.2. The Hall–Kier alpha value is -1.69. The minimum Gasteiger partial charge on any atom is -0.381 e. The van der Waals surface area contributed by atoms with Crippen molar-refractivity contribution in [3.8, 4) is 0 Å². The fraction of sp³-hybridized carbons (Fsp3) is 0.444. The summed E-state index contributed by atoms with van der Waals surface area (Å²) in [6, 6.07) is 0. The number of hydrogen-bond acceptors (Lipinski definition) is 5. The lowest BCUT2D eigenvalue weighted by Gasteiger charge is -2.09. The lowest BCUT2D eigenvalue weighted by Crippen LogP contribution is -2.34. The molecule has 0 spiro atoms. The van der Waals surface area contributed by atoms with Crippen LogP contribution in [0, 0.1) is 13.8 Å². The Balaban J connectivity index is 2.58. The first kappa shape index (κ1) is 11.4. The van der Waals surface area contributed by atoms with E-state index in [-0.39, 0.29) is 6.54 Å². The van der Waals surface area contributed by atoms with E-state index in [1.807, 2.05) is 13.8 Å². The van der Waals surface area contributed by atoms with E-state index in [2.05, 4.69) is 15.3 Å². The molecule has 82 valence electrons. The van der Waals surface area contributed by atoms with Gasteiger partial charge in [-0.1, -0.05) is 0 Å². The van der Waals surface area contributed by atoms with Gasteiger partial charge in [0.25, 0.3) is 0 Å². The Bertz CT molecular complexity index is 367. The van der Waals surface area contributed by atoms with Gasteiger partial charge in [-0.3, -0.25) is 9.78 Å². The monoisotopic (exact) mass is 210 g/mol. The van der Waals surface area contributed by atoms with Crippen LogP contribution >= 0.6 is 0 Å². The zero-order chi connectivity index (χ0) is 11.4. The van der Waals surface area contributed by atoms with Crippen LogP contribution in [0.15, 0.2) is 6.20 Å². The molecule has 1 heterocycles. The molecule has 0 aliphatic carbocycles. The maximum absolute atomic E-state index is 10.5. The summed E-state index contributed by atoms with van der Waals surface area (Å²) in [6.45, 7) is 3.72. The van der Waals surface area contributed by atoms with Crippen LogP contribution in [0.4, 0.5) is 5.82 Å². The van der Waals surface area contributed by atoms with Gasteiger partial charge in [-0.2, -0.15) is 0 Å². The van der Waals surface area contributed by atoms with Crippen molar-refractivity contribution in [3.63, 3.8) is 0 Å². The number of nitrogens with one attached hydrogen (secondary N) is 1. The first-order valence-corrected chi connectivity index (χ1v) is 4.52. The molecule has 1 unspecified atom stereocenters. The van der Waals surface area contributed by atoms with E-state index in [1.54, 1.807) is 0 Å². The molecule has 0 saturated heterocycles. The van der Waals surface area contributed by atoms with Gasteiger partial charge in [-0.25, -0.2) is 4.98 Å². The van der Waals surface area contributed by atoms with E-state index in [4.69, 9.17) is 10.8 Å². The molecule has 0 radical (unpaired) electrons. The summed E-state index contributed by atoms with van der Waals surface area (Å²) in [5.74, 6) is -0.252. The molecule has 0 aliphatic rings. The third-order valence-corrected chi connectivity index (χ3v) is 2.00. The smallest absolute Gasteiger partial charge is 0.248 e. The molecule has 0 bridgehead atoms. The quantitative estimate of drug-likeness (QED) is 0.613. The van der Waals surface area contributed by atoms with Crippen molar-refractivity contribution in [2.24, 2.45) is 5.73 Å². The van der Waals surface area contributed by atoms with Crippen molar-refractivity contribution >= 4 is 11.7 Å². The summed E-state index contributed by atoms with van der Waals surface area (Å²) in [7, 11) is 0. The number of aromatic nitrogens is 2. The van der Waals surface area contributed by atoms with E-state index in [1.165, 1.54) is 6.20 Å². The highest BCUT2D eigenvalue weighted by Gasteiger charge is 2.10. The number of anilines is 1. The lowest BCUT2D eigenvalue weighted by atomic mass is 10.3. The Morgan fingerprint density at radius 1 is 1.60 bits per heavy atom. The molecule has 1 aromatic heterocycles. The standard InChI is InChI=1S/C9H14N4O2/c1-5-6(2)13-8(4-11-5)12-3-7(14)9(10)15/h4,7,14H,3H2,1-2H3,(H2,10,15)(H,12,13). The number of aliphatic hydroxyl groups excluding tert-OH is 1. The van der Waals surface area contributed by atoms with Gasteiger partial charge in [0.1, 0.15) is 11.9 Å². The van der Waals surface area contributed by atoms with Crippen molar-refractivity contribution in [3.05, 3.63) is 17.6 Å². The molecule has 15 heavy (non-hydrogen) atoms. The van der Waals surface area contributed by atoms with Crippen LogP contribution < -0.4 is 11.1 Å². The SMILES string of the molecule is Cc1ncc(NCC(O)C(N)=O)nc1C. The predicted molar refractivity (Wildman–Crippen MR) is 55.2 cm³/mol. The van der Waals surface area contributed by atoms with E-state index >= 15 is 0 Å². The van der Waals surface area contributed by atoms with E-state index < -0.39 is 12.0 Å². The molecule has 4 N–H and O–H groups in total. The molecule has 1 atom stereocenters. The van der Waals surface area contributed by atoms with Gasteiger partial charge in [0.15, 0.2) is 0 Å². The van der Waals surface area contributed by atoms with Gasteiger partial charge in [0, 0.05) is 0 Å². The second-order valence-corrected chi connectivity index (χ2v) is 3.23. The molecule has 0 aromatic carbocycles. The topological polar surface area (TPSA) is 101 Å². The fourth-order valence-electron chi connectivity index (χ4n) is 0.929. The van der Waals surface area contributed by atoms with Crippen LogP contribution in [0.1, 0.15) is 11.4 Å². The van der Waals surface area contributed by atoms with Crippen LogP contribution in [0.2, 0.25) is 0 Å². The van der Waals surface area contributed by atoms with Gasteiger partial charge < -0.3 is 16.2 Å². The third kappa shape index (κ3) is 3.17. The van der Waals surface area contributed by atoms with Crippen LogP contribution in [0.25, 0.3) is 0 Å². The highest BCUT2D eigenvalue weighted by molar-refractivity contribution is 5.79. The lowest BCUT2D eigenvalue weighted by molar-refractivity contribution is -0.125. The summed E-state index contributed by atoms with van der Waals surface area (Å²) >= 11 is 0. The van der Waals surface area contributed by atoms with Gasteiger partial charge >= 0.3 is 0 Å². The largest absolute Gasteiger partial charge is 0.381 e. The number of primary amides is 1. The molecule has 6 nitrogen and oxygen atoms in total. The van der Waals surface area contributed by atoms with Crippen LogP contribution in [-0.2, 0) is 4.79 Å². The summed E-state index contributed by atoms with van der Waals surface area (Å²) in [5.41, 5.74) is 6.53. The Morgan fingerprint density at radius 3 is 2.80 bits per heavy atom. The second kappa shape index (κ2) is 4.70. The van der Waals surface area contributed by atoms with Gasteiger partial charge in [-0.15, -0.1) is 0 Å². The average Bonchev–Trinajstić information content (AvgIpc) is 2.19. The number of aryl methyl sites for hydroxylation is 2. The number of rotatable bonds is 4. The number of nitrogens with two attached hydrogens (primary N) is 1. The maximum atomic E-state index is 10.5. The predicted octanol–water partition coefficient (Wildman–Crippen LogP) is -0.648. The molecule has 1 rings (SSSR count). The van der Waals surface area contributed by atoms with Gasteiger partial charge in [0.05, 0.1) is 24.1 Å². The van der Waals surface area contributed by atoms with E-state index in [0.717, 1.165) is 11.4 Å². The third-order valence-electron chi connectivity index (χ3n) is 2.00. The number of carbonyl (C=O) groups excluding carboxylic acids is 1. The van der Waals surface area contributed by atoms with Gasteiger partial charge in [0.2, 0.25) is 5.91 Å². The summed E-state index contributed by atoms with van der Waals surface area (Å²) in [5, 5.41) is 11.9. The van der Waals surface area contributed by atoms with E-state index in [9.17, 15) is 4.79 Å². The highest BCUT2D eigenvalue weighted by Crippen LogP contribution is 2.05. The first-order chi connectivity index (χ1) is 7.00. The van der Waals surface area contributed by atoms with Crippen LogP contribution in [0.3, 0.4) is 0 Å². The summed E-state index contributed by atoms with van der Waals surface area (Å²) in [6.07, 6.45) is 0.323. The van der Waals surface area contributed by atoms with Crippen molar-refractivity contribution in [1.82, 2.24) is 9.97 Å². The fourth-order valence-corrected chi connectivity index (χ4v) is 0.929. The molecule has 6 heteroatoms. The first-order valence-electron chi connectivity index (χ1n) is 4.52. The Labute approximate surface area is 87.5 Å². The molecule has 1 aromatic rings. The zero-order valence-corrected chi connectivity index (χ0v) is 8.69. The number of amides is 1. The average molecular weight is 210 g/mol. The molecule has 0 aliphatic heterocycles. The molecule has 1 amide bonds. The number of carbonyl (C=O) groups is 1. The minimum atomic E-state index is -1.21. The van der Waals surface area contributed by atoms with Crippen molar-refractivity contribution in [2.45, 2.75) is 20.0 Å². The Kier molecular flexibility index (Phi) is 3.56. The van der Waals surface area contributed by atoms with Crippen LogP contribution in [-0.4, -0.2) is 33.6 Å².